The van der Waals surface area contributed by atoms with E-state index in [1.165, 1.54) is 13.8 Å². The van der Waals surface area contributed by atoms with Gasteiger partial charge in [-0.15, -0.1) is 0 Å². The van der Waals surface area contributed by atoms with Crippen LogP contribution >= 0.6 is 0 Å². The number of rotatable bonds is 6. The number of anilines is 4. The van der Waals surface area contributed by atoms with E-state index in [0.29, 0.717) is 28.3 Å². The molecule has 0 radical (unpaired) electrons. The maximum absolute atomic E-state index is 12.5. The van der Waals surface area contributed by atoms with E-state index in [2.05, 4.69) is 20.9 Å². The van der Waals surface area contributed by atoms with Gasteiger partial charge in [0.2, 0.25) is 5.91 Å². The van der Waals surface area contributed by atoms with Crippen molar-refractivity contribution in [1.82, 2.24) is 4.98 Å². The number of amides is 2. The second kappa shape index (κ2) is 8.79. The van der Waals surface area contributed by atoms with Crippen molar-refractivity contribution in [3.05, 3.63) is 78.0 Å². The molecule has 3 N–H and O–H groups in total. The van der Waals surface area contributed by atoms with Crippen LogP contribution in [0.2, 0.25) is 0 Å². The predicted molar refractivity (Wildman–Crippen MR) is 113 cm³/mol. The zero-order chi connectivity index (χ0) is 20.8. The van der Waals surface area contributed by atoms with E-state index in [1.54, 1.807) is 66.9 Å². The maximum atomic E-state index is 12.5. The van der Waals surface area contributed by atoms with Gasteiger partial charge in [0.1, 0.15) is 5.82 Å². The van der Waals surface area contributed by atoms with E-state index in [0.717, 1.165) is 5.69 Å². The first kappa shape index (κ1) is 19.8. The van der Waals surface area contributed by atoms with Gasteiger partial charge in [-0.2, -0.15) is 0 Å². The van der Waals surface area contributed by atoms with Crippen LogP contribution in [0.15, 0.2) is 66.9 Å². The number of pyridine rings is 1. The summed E-state index contributed by atoms with van der Waals surface area (Å²) in [6.07, 6.45) is 1.54. The van der Waals surface area contributed by atoms with Crippen LogP contribution in [0, 0.1) is 0 Å². The number of Topliss-reactive ketones (excluding diaryl/α,β-unsaturated/α-hetero) is 1. The van der Waals surface area contributed by atoms with E-state index in [-0.39, 0.29) is 17.6 Å². The molecule has 3 aromatic rings. The molecule has 29 heavy (non-hydrogen) atoms. The van der Waals surface area contributed by atoms with E-state index in [9.17, 15) is 14.4 Å². The molecule has 0 aliphatic carbocycles. The van der Waals surface area contributed by atoms with Crippen molar-refractivity contribution in [2.24, 2.45) is 0 Å². The van der Waals surface area contributed by atoms with Crippen molar-refractivity contribution in [2.75, 3.05) is 16.0 Å². The fourth-order valence-corrected chi connectivity index (χ4v) is 2.62. The van der Waals surface area contributed by atoms with Crippen molar-refractivity contribution in [1.29, 1.82) is 0 Å². The maximum Gasteiger partial charge on any atom is 0.255 e. The fraction of sp³-hybridized carbons (Fsp3) is 0.0909. The molecule has 0 saturated carbocycles. The highest BCUT2D eigenvalue weighted by atomic mass is 16.2. The Balaban J connectivity index is 1.67. The number of hydrogen-bond acceptors (Lipinski definition) is 5. The van der Waals surface area contributed by atoms with Crippen LogP contribution in [-0.2, 0) is 4.79 Å². The molecule has 2 aromatic carbocycles. The van der Waals surface area contributed by atoms with Gasteiger partial charge >= 0.3 is 0 Å². The van der Waals surface area contributed by atoms with E-state index >= 15 is 0 Å². The summed E-state index contributed by atoms with van der Waals surface area (Å²) in [5.41, 5.74) is 3.08. The summed E-state index contributed by atoms with van der Waals surface area (Å²) in [4.78, 5) is 39.2. The molecule has 0 aliphatic heterocycles. The van der Waals surface area contributed by atoms with Gasteiger partial charge in [-0.05, 0) is 67.6 Å². The highest BCUT2D eigenvalue weighted by Gasteiger charge is 2.08. The molecule has 0 spiro atoms. The highest BCUT2D eigenvalue weighted by Crippen LogP contribution is 2.18. The number of nitrogens with one attached hydrogen (secondary N) is 3. The van der Waals surface area contributed by atoms with Crippen molar-refractivity contribution < 1.29 is 14.4 Å². The number of benzene rings is 2. The monoisotopic (exact) mass is 388 g/mol. The number of carbonyl (C=O) groups is 3. The van der Waals surface area contributed by atoms with E-state index in [1.807, 2.05) is 0 Å². The van der Waals surface area contributed by atoms with Gasteiger partial charge in [-0.1, -0.05) is 0 Å². The predicted octanol–water partition coefficient (Wildman–Crippen LogP) is 4.24. The first-order chi connectivity index (χ1) is 13.9. The van der Waals surface area contributed by atoms with Crippen molar-refractivity contribution in [2.45, 2.75) is 13.8 Å². The number of nitrogens with zero attached hydrogens (tertiary/aromatic N) is 1. The van der Waals surface area contributed by atoms with Gasteiger partial charge in [-0.3, -0.25) is 14.4 Å². The van der Waals surface area contributed by atoms with Gasteiger partial charge in [0.15, 0.2) is 5.78 Å². The third-order valence-electron chi connectivity index (χ3n) is 4.05. The summed E-state index contributed by atoms with van der Waals surface area (Å²) in [5, 5.41) is 8.59. The quantitative estimate of drug-likeness (QED) is 0.549. The zero-order valence-electron chi connectivity index (χ0n) is 16.0. The first-order valence-electron chi connectivity index (χ1n) is 8.94. The molecule has 1 aromatic heterocycles. The average Bonchev–Trinajstić information content (AvgIpc) is 2.70. The molecule has 0 unspecified atom stereocenters. The number of aromatic nitrogens is 1. The number of ketones is 1. The molecule has 7 nitrogen and oxygen atoms in total. The van der Waals surface area contributed by atoms with Crippen LogP contribution in [0.25, 0.3) is 0 Å². The Morgan fingerprint density at radius 3 is 1.90 bits per heavy atom. The lowest BCUT2D eigenvalue weighted by atomic mass is 10.1. The van der Waals surface area contributed by atoms with Crippen molar-refractivity contribution in [3.63, 3.8) is 0 Å². The van der Waals surface area contributed by atoms with Gasteiger partial charge in [0, 0.05) is 41.3 Å². The topological polar surface area (TPSA) is 100 Å². The molecule has 0 fully saturated rings. The van der Waals surface area contributed by atoms with Crippen LogP contribution in [-0.4, -0.2) is 22.6 Å². The SMILES string of the molecule is CC(=O)Nc1ccc(NC(=O)c2ccnc(Nc3ccc(C(C)=O)cc3)c2)cc1. The summed E-state index contributed by atoms with van der Waals surface area (Å²) in [7, 11) is 0. The Morgan fingerprint density at radius 1 is 0.724 bits per heavy atom. The minimum absolute atomic E-state index is 0.00143. The molecule has 7 heteroatoms. The molecule has 2 amide bonds. The Bertz CT molecular complexity index is 1040. The summed E-state index contributed by atoms with van der Waals surface area (Å²) in [5.74, 6) is 0.0665. The molecule has 146 valence electrons. The average molecular weight is 388 g/mol. The van der Waals surface area contributed by atoms with Gasteiger partial charge < -0.3 is 16.0 Å². The second-order valence-electron chi connectivity index (χ2n) is 6.40. The summed E-state index contributed by atoms with van der Waals surface area (Å²) in [6.45, 7) is 2.95. The van der Waals surface area contributed by atoms with Crippen LogP contribution in [0.4, 0.5) is 22.9 Å². The first-order valence-corrected chi connectivity index (χ1v) is 8.94. The van der Waals surface area contributed by atoms with Gasteiger partial charge in [0.05, 0.1) is 0 Å². The Morgan fingerprint density at radius 2 is 1.31 bits per heavy atom. The lowest BCUT2D eigenvalue weighted by molar-refractivity contribution is -0.114. The van der Waals surface area contributed by atoms with Crippen molar-refractivity contribution in [3.8, 4) is 0 Å². The molecule has 0 bridgehead atoms. The molecular formula is C22H20N4O3. The molecule has 0 atom stereocenters. The lowest BCUT2D eigenvalue weighted by Gasteiger charge is -2.09. The van der Waals surface area contributed by atoms with Crippen LogP contribution < -0.4 is 16.0 Å². The molecule has 3 rings (SSSR count). The molecule has 1 heterocycles. The third kappa shape index (κ3) is 5.49. The normalized spacial score (nSPS) is 10.1. The number of hydrogen-bond donors (Lipinski definition) is 3. The van der Waals surface area contributed by atoms with Crippen LogP contribution in [0.5, 0.6) is 0 Å². The largest absolute Gasteiger partial charge is 0.340 e. The summed E-state index contributed by atoms with van der Waals surface area (Å²) in [6, 6.07) is 17.1. The van der Waals surface area contributed by atoms with Crippen molar-refractivity contribution >= 4 is 40.5 Å². The molecule has 0 saturated heterocycles. The smallest absolute Gasteiger partial charge is 0.255 e. The van der Waals surface area contributed by atoms with E-state index < -0.39 is 0 Å². The van der Waals surface area contributed by atoms with Gasteiger partial charge in [-0.25, -0.2) is 4.98 Å². The summed E-state index contributed by atoms with van der Waals surface area (Å²) < 4.78 is 0. The standard InChI is InChI=1S/C22H20N4O3/c1-14(27)16-3-5-19(6-4-16)25-21-13-17(11-12-23-21)22(29)26-20-9-7-18(8-10-20)24-15(2)28/h3-13H,1-2H3,(H,23,25)(H,24,28)(H,26,29). The minimum atomic E-state index is -0.283. The number of carbonyl (C=O) groups excluding carboxylic acids is 3. The fourth-order valence-electron chi connectivity index (χ4n) is 2.62. The minimum Gasteiger partial charge on any atom is -0.340 e. The second-order valence-corrected chi connectivity index (χ2v) is 6.40. The van der Waals surface area contributed by atoms with Crippen LogP contribution in [0.1, 0.15) is 34.6 Å². The molecular weight excluding hydrogens is 368 g/mol. The Labute approximate surface area is 168 Å². The highest BCUT2D eigenvalue weighted by molar-refractivity contribution is 6.04. The Hall–Kier alpha value is -4.00. The van der Waals surface area contributed by atoms with Gasteiger partial charge in [0.25, 0.3) is 5.91 Å². The summed E-state index contributed by atoms with van der Waals surface area (Å²) >= 11 is 0. The molecule has 0 aliphatic rings. The lowest BCUT2D eigenvalue weighted by Crippen LogP contribution is -2.12. The van der Waals surface area contributed by atoms with Crippen LogP contribution in [0.3, 0.4) is 0 Å². The Kier molecular flexibility index (Phi) is 5.99. The third-order valence-corrected chi connectivity index (χ3v) is 4.05. The van der Waals surface area contributed by atoms with E-state index in [4.69, 9.17) is 0 Å². The zero-order valence-corrected chi connectivity index (χ0v) is 16.0.